The number of amides is 1. The van der Waals surface area contributed by atoms with E-state index in [1.165, 1.54) is 16.4 Å². The quantitative estimate of drug-likeness (QED) is 0.655. The van der Waals surface area contributed by atoms with E-state index in [-0.39, 0.29) is 23.5 Å². The number of tetrazole rings is 1. The smallest absolute Gasteiger partial charge is 0.230 e. The van der Waals surface area contributed by atoms with Gasteiger partial charge in [-0.2, -0.15) is 4.68 Å². The second-order valence-electron chi connectivity index (χ2n) is 4.98. The van der Waals surface area contributed by atoms with Gasteiger partial charge in [0.1, 0.15) is 5.75 Å². The molecule has 3 aromatic rings. The minimum Gasteiger partial charge on any atom is -0.508 e. The molecule has 0 saturated carbocycles. The molecule has 0 unspecified atom stereocenters. The fourth-order valence-electron chi connectivity index (χ4n) is 2.05. The molecule has 0 spiro atoms. The number of aromatic nitrogens is 4. The Bertz CT molecular complexity index is 802. The van der Waals surface area contributed by atoms with Gasteiger partial charge < -0.3 is 10.4 Å². The Morgan fingerprint density at radius 2 is 2.17 bits per heavy atom. The number of nitrogens with one attached hydrogen (secondary N) is 1. The van der Waals surface area contributed by atoms with Gasteiger partial charge in [-0.05, 0) is 53.1 Å². The number of aromatic hydroxyl groups is 1. The number of hydrogen-bond donors (Lipinski definition) is 2. The molecule has 7 nitrogen and oxygen atoms in total. The van der Waals surface area contributed by atoms with Gasteiger partial charge in [0.25, 0.3) is 0 Å². The molecule has 0 bridgehead atoms. The van der Waals surface area contributed by atoms with Gasteiger partial charge in [-0.3, -0.25) is 4.79 Å². The van der Waals surface area contributed by atoms with Gasteiger partial charge in [0, 0.05) is 4.88 Å². The summed E-state index contributed by atoms with van der Waals surface area (Å²) < 4.78 is 1.53. The number of phenols is 1. The van der Waals surface area contributed by atoms with Gasteiger partial charge >= 0.3 is 0 Å². The number of carbonyl (C=O) groups excluding carboxylic acids is 1. The van der Waals surface area contributed by atoms with Crippen LogP contribution < -0.4 is 5.32 Å². The van der Waals surface area contributed by atoms with E-state index in [0.717, 1.165) is 4.88 Å². The molecule has 9 heteroatoms. The predicted octanol–water partition coefficient (Wildman–Crippen LogP) is 2.40. The van der Waals surface area contributed by atoms with E-state index >= 15 is 0 Å². The zero-order valence-corrected chi connectivity index (χ0v) is 14.4. The average Bonchev–Trinajstić information content (AvgIpc) is 3.25. The normalized spacial score (nSPS) is 12.0. The molecule has 0 aliphatic heterocycles. The van der Waals surface area contributed by atoms with Crippen molar-refractivity contribution in [2.45, 2.75) is 18.1 Å². The van der Waals surface area contributed by atoms with E-state index in [9.17, 15) is 9.90 Å². The van der Waals surface area contributed by atoms with Crippen molar-refractivity contribution in [1.82, 2.24) is 25.5 Å². The number of carbonyl (C=O) groups is 1. The molecule has 124 valence electrons. The number of thiophene rings is 1. The summed E-state index contributed by atoms with van der Waals surface area (Å²) in [6, 6.07) is 10.5. The fourth-order valence-corrected chi connectivity index (χ4v) is 3.48. The molecule has 0 aliphatic rings. The Morgan fingerprint density at radius 1 is 1.38 bits per heavy atom. The molecule has 1 atom stereocenters. The minimum absolute atomic E-state index is 0.0220. The van der Waals surface area contributed by atoms with E-state index in [1.54, 1.807) is 35.6 Å². The lowest BCUT2D eigenvalue weighted by Gasteiger charge is -2.11. The molecule has 0 saturated heterocycles. The molecule has 2 N–H and O–H groups in total. The van der Waals surface area contributed by atoms with Crippen molar-refractivity contribution < 1.29 is 9.90 Å². The van der Waals surface area contributed by atoms with Crippen molar-refractivity contribution in [3.05, 3.63) is 46.7 Å². The summed E-state index contributed by atoms with van der Waals surface area (Å²) in [6.45, 7) is 1.95. The summed E-state index contributed by atoms with van der Waals surface area (Å²) in [6.07, 6.45) is 0. The molecular formula is C15H15N5O2S2. The maximum absolute atomic E-state index is 12.1. The topological polar surface area (TPSA) is 92.9 Å². The third kappa shape index (κ3) is 3.92. The highest BCUT2D eigenvalue weighted by Gasteiger charge is 2.14. The van der Waals surface area contributed by atoms with Crippen LogP contribution in [0.3, 0.4) is 0 Å². The maximum Gasteiger partial charge on any atom is 0.230 e. The summed E-state index contributed by atoms with van der Waals surface area (Å²) in [7, 11) is 0. The largest absolute Gasteiger partial charge is 0.508 e. The Labute approximate surface area is 146 Å². The fraction of sp³-hybridized carbons (Fsp3) is 0.200. The van der Waals surface area contributed by atoms with Crippen molar-refractivity contribution in [2.75, 3.05) is 5.75 Å². The molecule has 0 fully saturated rings. The number of thioether (sulfide) groups is 1. The van der Waals surface area contributed by atoms with Gasteiger partial charge in [0.05, 0.1) is 17.5 Å². The van der Waals surface area contributed by atoms with Crippen LogP contribution in [0, 0.1) is 0 Å². The van der Waals surface area contributed by atoms with Crippen LogP contribution >= 0.6 is 23.1 Å². The first-order valence-corrected chi connectivity index (χ1v) is 9.03. The highest BCUT2D eigenvalue weighted by atomic mass is 32.2. The molecule has 1 aromatic carbocycles. The molecular weight excluding hydrogens is 346 g/mol. The van der Waals surface area contributed by atoms with E-state index in [1.807, 2.05) is 24.4 Å². The van der Waals surface area contributed by atoms with E-state index < -0.39 is 0 Å². The van der Waals surface area contributed by atoms with Gasteiger partial charge in [-0.15, -0.1) is 16.4 Å². The van der Waals surface area contributed by atoms with Gasteiger partial charge in [0.15, 0.2) is 0 Å². The summed E-state index contributed by atoms with van der Waals surface area (Å²) in [4.78, 5) is 13.2. The van der Waals surface area contributed by atoms with Crippen LogP contribution in [-0.4, -0.2) is 37.0 Å². The highest BCUT2D eigenvalue weighted by Crippen LogP contribution is 2.21. The maximum atomic E-state index is 12.1. The second-order valence-corrected chi connectivity index (χ2v) is 6.90. The third-order valence-electron chi connectivity index (χ3n) is 3.21. The first-order chi connectivity index (χ1) is 11.6. The van der Waals surface area contributed by atoms with E-state index in [0.29, 0.717) is 10.8 Å². The third-order valence-corrected chi connectivity index (χ3v) is 5.19. The number of nitrogens with zero attached hydrogens (tertiary/aromatic N) is 4. The average molecular weight is 361 g/mol. The Kier molecular flexibility index (Phi) is 5.11. The van der Waals surface area contributed by atoms with Gasteiger partial charge in [0.2, 0.25) is 11.1 Å². The molecule has 0 aliphatic carbocycles. The summed E-state index contributed by atoms with van der Waals surface area (Å²) >= 11 is 2.87. The summed E-state index contributed by atoms with van der Waals surface area (Å²) in [5.74, 6) is 0.304. The van der Waals surface area contributed by atoms with Gasteiger partial charge in [-0.25, -0.2) is 0 Å². The lowest BCUT2D eigenvalue weighted by Crippen LogP contribution is -2.27. The van der Waals surface area contributed by atoms with Crippen LogP contribution in [-0.2, 0) is 4.79 Å². The molecule has 1 amide bonds. The zero-order chi connectivity index (χ0) is 16.9. The van der Waals surface area contributed by atoms with Crippen LogP contribution in [0.2, 0.25) is 0 Å². The second kappa shape index (κ2) is 7.45. The van der Waals surface area contributed by atoms with Crippen LogP contribution in [0.25, 0.3) is 5.69 Å². The summed E-state index contributed by atoms with van der Waals surface area (Å²) in [5.41, 5.74) is 0.715. The highest BCUT2D eigenvalue weighted by molar-refractivity contribution is 7.99. The number of hydrogen-bond acceptors (Lipinski definition) is 7. The number of phenolic OH excluding ortho intramolecular Hbond substituents is 1. The van der Waals surface area contributed by atoms with Crippen molar-refractivity contribution in [2.24, 2.45) is 0 Å². The Hall–Kier alpha value is -2.39. The van der Waals surface area contributed by atoms with Crippen LogP contribution in [0.1, 0.15) is 17.8 Å². The standard InChI is InChI=1S/C15H15N5O2S2/c1-10(13-3-2-8-23-13)16-14(22)9-24-15-17-18-19-20(15)11-4-6-12(21)7-5-11/h2-8,10,21H,9H2,1H3,(H,16,22)/t10-/m1/s1. The summed E-state index contributed by atoms with van der Waals surface area (Å²) in [5, 5.41) is 26.3. The van der Waals surface area contributed by atoms with Crippen LogP contribution in [0.5, 0.6) is 5.75 Å². The predicted molar refractivity (Wildman–Crippen MR) is 92.4 cm³/mol. The minimum atomic E-state index is -0.0823. The van der Waals surface area contributed by atoms with Crippen molar-refractivity contribution in [3.8, 4) is 11.4 Å². The van der Waals surface area contributed by atoms with Crippen molar-refractivity contribution >= 4 is 29.0 Å². The van der Waals surface area contributed by atoms with Crippen LogP contribution in [0.4, 0.5) is 0 Å². The monoisotopic (exact) mass is 361 g/mol. The molecule has 3 rings (SSSR count). The lowest BCUT2D eigenvalue weighted by molar-refractivity contribution is -0.119. The first kappa shape index (κ1) is 16.5. The van der Waals surface area contributed by atoms with Gasteiger partial charge in [-0.1, -0.05) is 17.8 Å². The zero-order valence-electron chi connectivity index (χ0n) is 12.8. The number of benzene rings is 1. The van der Waals surface area contributed by atoms with E-state index in [2.05, 4.69) is 20.8 Å². The Morgan fingerprint density at radius 3 is 2.88 bits per heavy atom. The molecule has 2 aromatic heterocycles. The Balaban J connectivity index is 1.60. The number of rotatable bonds is 6. The van der Waals surface area contributed by atoms with Crippen LogP contribution in [0.15, 0.2) is 46.9 Å². The lowest BCUT2D eigenvalue weighted by atomic mass is 10.3. The first-order valence-electron chi connectivity index (χ1n) is 7.17. The SMILES string of the molecule is C[C@@H](NC(=O)CSc1nnnn1-c1ccc(O)cc1)c1cccs1. The van der Waals surface area contributed by atoms with Crippen molar-refractivity contribution in [3.63, 3.8) is 0 Å². The molecule has 24 heavy (non-hydrogen) atoms. The van der Waals surface area contributed by atoms with E-state index in [4.69, 9.17) is 0 Å². The van der Waals surface area contributed by atoms with Crippen molar-refractivity contribution in [1.29, 1.82) is 0 Å². The molecule has 0 radical (unpaired) electrons. The molecule has 2 heterocycles.